The largest absolute Gasteiger partial charge is 0.392 e. The van der Waals surface area contributed by atoms with E-state index >= 15 is 0 Å². The van der Waals surface area contributed by atoms with E-state index in [0.717, 1.165) is 0 Å². The zero-order chi connectivity index (χ0) is 18.1. The number of carbonyl (C=O) groups excluding carboxylic acids is 2. The quantitative estimate of drug-likeness (QED) is 0.864. The SMILES string of the molecule is CC1(C)CN(C(=O)Nc2ccc(C(N)=O)nc2)CC[C@@H]1C(F)(F)F. The molecule has 0 spiro atoms. The first-order chi connectivity index (χ1) is 11.0. The highest BCUT2D eigenvalue weighted by molar-refractivity contribution is 5.92. The Bertz CT molecular complexity index is 629. The van der Waals surface area contributed by atoms with Crippen LogP contribution in [0.2, 0.25) is 0 Å². The van der Waals surface area contributed by atoms with Gasteiger partial charge in [0.15, 0.2) is 0 Å². The van der Waals surface area contributed by atoms with Gasteiger partial charge in [-0.05, 0) is 24.0 Å². The van der Waals surface area contributed by atoms with Crippen LogP contribution in [0, 0.1) is 11.3 Å². The molecule has 3 amide bonds. The maximum Gasteiger partial charge on any atom is 0.392 e. The number of carbonyl (C=O) groups is 2. The van der Waals surface area contributed by atoms with Gasteiger partial charge in [0.25, 0.3) is 5.91 Å². The van der Waals surface area contributed by atoms with Crippen molar-refractivity contribution in [1.82, 2.24) is 9.88 Å². The summed E-state index contributed by atoms with van der Waals surface area (Å²) in [6, 6.07) is 2.31. The summed E-state index contributed by atoms with van der Waals surface area (Å²) >= 11 is 0. The first-order valence-corrected chi connectivity index (χ1v) is 7.39. The second-order valence-electron chi connectivity index (χ2n) is 6.52. The fourth-order valence-electron chi connectivity index (χ4n) is 2.95. The van der Waals surface area contributed by atoms with Crippen LogP contribution in [-0.2, 0) is 0 Å². The van der Waals surface area contributed by atoms with Crippen molar-refractivity contribution in [3.63, 3.8) is 0 Å². The number of nitrogens with zero attached hydrogens (tertiary/aromatic N) is 2. The van der Waals surface area contributed by atoms with E-state index in [1.807, 2.05) is 0 Å². The van der Waals surface area contributed by atoms with Gasteiger partial charge in [-0.1, -0.05) is 13.8 Å². The van der Waals surface area contributed by atoms with E-state index in [-0.39, 0.29) is 25.2 Å². The van der Waals surface area contributed by atoms with Gasteiger partial charge in [-0.15, -0.1) is 0 Å². The molecule has 1 aromatic heterocycles. The van der Waals surface area contributed by atoms with Crippen LogP contribution in [-0.4, -0.2) is 41.1 Å². The van der Waals surface area contributed by atoms with Gasteiger partial charge in [0.05, 0.1) is 17.8 Å². The minimum absolute atomic E-state index is 0.00416. The Kier molecular flexibility index (Phi) is 4.73. The van der Waals surface area contributed by atoms with Crippen LogP contribution in [0.15, 0.2) is 18.3 Å². The molecule has 0 unspecified atom stereocenters. The number of rotatable bonds is 2. The minimum atomic E-state index is -4.28. The van der Waals surface area contributed by atoms with Gasteiger partial charge in [0.1, 0.15) is 5.69 Å². The van der Waals surface area contributed by atoms with Crippen LogP contribution < -0.4 is 11.1 Å². The highest BCUT2D eigenvalue weighted by Gasteiger charge is 2.51. The molecule has 0 saturated carbocycles. The standard InChI is InChI=1S/C15H19F3N4O2/c1-14(2)8-22(6-5-11(14)15(16,17)18)13(24)21-9-3-4-10(12(19)23)20-7-9/h3-4,7,11H,5-6,8H2,1-2H3,(H2,19,23)(H,21,24)/t11-/m0/s1. The second-order valence-corrected chi connectivity index (χ2v) is 6.52. The Labute approximate surface area is 137 Å². The molecule has 0 bridgehead atoms. The number of urea groups is 1. The summed E-state index contributed by atoms with van der Waals surface area (Å²) in [4.78, 5) is 28.3. The molecule has 1 aliphatic heterocycles. The molecule has 24 heavy (non-hydrogen) atoms. The Morgan fingerprint density at radius 3 is 2.50 bits per heavy atom. The molecule has 6 nitrogen and oxygen atoms in total. The van der Waals surface area contributed by atoms with Gasteiger partial charge in [-0.25, -0.2) is 9.78 Å². The molecule has 132 valence electrons. The zero-order valence-corrected chi connectivity index (χ0v) is 13.4. The lowest BCUT2D eigenvalue weighted by molar-refractivity contribution is -0.214. The van der Waals surface area contributed by atoms with Gasteiger partial charge in [0.2, 0.25) is 0 Å². The first kappa shape index (κ1) is 18.0. The van der Waals surface area contributed by atoms with Crippen molar-refractivity contribution < 1.29 is 22.8 Å². The number of hydrogen-bond donors (Lipinski definition) is 2. The van der Waals surface area contributed by atoms with E-state index in [2.05, 4.69) is 10.3 Å². The van der Waals surface area contributed by atoms with Gasteiger partial charge < -0.3 is 16.0 Å². The maximum absolute atomic E-state index is 13.0. The van der Waals surface area contributed by atoms with Crippen molar-refractivity contribution in [2.24, 2.45) is 17.1 Å². The maximum atomic E-state index is 13.0. The van der Waals surface area contributed by atoms with Crippen molar-refractivity contribution in [3.8, 4) is 0 Å². The number of hydrogen-bond acceptors (Lipinski definition) is 3. The monoisotopic (exact) mass is 344 g/mol. The van der Waals surface area contributed by atoms with Crippen LogP contribution in [0.5, 0.6) is 0 Å². The number of aromatic nitrogens is 1. The van der Waals surface area contributed by atoms with Crippen molar-refractivity contribution in [2.45, 2.75) is 26.4 Å². The van der Waals surface area contributed by atoms with Crippen LogP contribution in [0.3, 0.4) is 0 Å². The minimum Gasteiger partial charge on any atom is -0.364 e. The van der Waals surface area contributed by atoms with Crippen LogP contribution in [0.1, 0.15) is 30.8 Å². The number of amides is 3. The fourth-order valence-corrected chi connectivity index (χ4v) is 2.95. The lowest BCUT2D eigenvalue weighted by Gasteiger charge is -2.44. The average molecular weight is 344 g/mol. The van der Waals surface area contributed by atoms with E-state index in [1.165, 1.54) is 37.1 Å². The number of anilines is 1. The Morgan fingerprint density at radius 2 is 2.04 bits per heavy atom. The normalized spacial score (nSPS) is 20.5. The van der Waals surface area contributed by atoms with Gasteiger partial charge in [-0.3, -0.25) is 4.79 Å². The highest BCUT2D eigenvalue weighted by atomic mass is 19.4. The summed E-state index contributed by atoms with van der Waals surface area (Å²) in [5.41, 5.74) is 4.39. The molecule has 0 radical (unpaired) electrons. The molecule has 3 N–H and O–H groups in total. The summed E-state index contributed by atoms with van der Waals surface area (Å²) in [7, 11) is 0. The third kappa shape index (κ3) is 3.95. The van der Waals surface area contributed by atoms with E-state index in [0.29, 0.717) is 5.69 Å². The predicted molar refractivity (Wildman–Crippen MR) is 81.3 cm³/mol. The average Bonchev–Trinajstić information content (AvgIpc) is 2.45. The van der Waals surface area contributed by atoms with Crippen molar-refractivity contribution in [1.29, 1.82) is 0 Å². The van der Waals surface area contributed by atoms with Crippen molar-refractivity contribution in [2.75, 3.05) is 18.4 Å². The molecule has 9 heteroatoms. The van der Waals surface area contributed by atoms with Crippen LogP contribution in [0.4, 0.5) is 23.7 Å². The van der Waals surface area contributed by atoms with Crippen molar-refractivity contribution >= 4 is 17.6 Å². The number of halogens is 3. The molecule has 0 aromatic carbocycles. The molecule has 1 aromatic rings. The molecule has 1 saturated heterocycles. The molecule has 2 rings (SSSR count). The summed E-state index contributed by atoms with van der Waals surface area (Å²) in [5.74, 6) is -2.13. The fraction of sp³-hybridized carbons (Fsp3) is 0.533. The predicted octanol–water partition coefficient (Wildman–Crippen LogP) is 2.62. The molecule has 1 fully saturated rings. The van der Waals surface area contributed by atoms with E-state index in [1.54, 1.807) is 0 Å². The third-order valence-corrected chi connectivity index (χ3v) is 4.18. The number of likely N-dealkylation sites (tertiary alicyclic amines) is 1. The van der Waals surface area contributed by atoms with E-state index in [4.69, 9.17) is 5.73 Å². The van der Waals surface area contributed by atoms with Gasteiger partial charge in [0, 0.05) is 13.1 Å². The number of nitrogens with one attached hydrogen (secondary N) is 1. The second kappa shape index (κ2) is 6.29. The molecular formula is C15H19F3N4O2. The number of primary amides is 1. The van der Waals surface area contributed by atoms with E-state index in [9.17, 15) is 22.8 Å². The van der Waals surface area contributed by atoms with Crippen LogP contribution >= 0.6 is 0 Å². The number of nitrogens with two attached hydrogens (primary N) is 1. The molecule has 1 aliphatic rings. The Hall–Kier alpha value is -2.32. The zero-order valence-electron chi connectivity index (χ0n) is 13.4. The lowest BCUT2D eigenvalue weighted by Crippen LogP contribution is -2.53. The molecule has 0 aliphatic carbocycles. The van der Waals surface area contributed by atoms with Gasteiger partial charge in [-0.2, -0.15) is 13.2 Å². The van der Waals surface area contributed by atoms with Crippen LogP contribution in [0.25, 0.3) is 0 Å². The highest BCUT2D eigenvalue weighted by Crippen LogP contribution is 2.45. The summed E-state index contributed by atoms with van der Waals surface area (Å²) in [6.45, 7) is 3.03. The molecule has 2 heterocycles. The molecule has 1 atom stereocenters. The smallest absolute Gasteiger partial charge is 0.364 e. The topological polar surface area (TPSA) is 88.3 Å². The summed E-state index contributed by atoms with van der Waals surface area (Å²) < 4.78 is 39.1. The van der Waals surface area contributed by atoms with Crippen molar-refractivity contribution in [3.05, 3.63) is 24.0 Å². The molecular weight excluding hydrogens is 325 g/mol. The van der Waals surface area contributed by atoms with Gasteiger partial charge >= 0.3 is 12.2 Å². The lowest BCUT2D eigenvalue weighted by atomic mass is 9.73. The number of pyridine rings is 1. The Morgan fingerprint density at radius 1 is 1.38 bits per heavy atom. The van der Waals surface area contributed by atoms with E-state index < -0.39 is 29.4 Å². The Balaban J connectivity index is 2.02. The third-order valence-electron chi connectivity index (χ3n) is 4.18. The number of alkyl halides is 3. The summed E-state index contributed by atoms with van der Waals surface area (Å²) in [6.07, 6.45) is -3.14. The first-order valence-electron chi connectivity index (χ1n) is 7.39. The number of piperidine rings is 1. The summed E-state index contributed by atoms with van der Waals surface area (Å²) in [5, 5.41) is 2.56.